The van der Waals surface area contributed by atoms with Gasteiger partial charge in [0.1, 0.15) is 35.2 Å². The number of thioether (sulfide) groups is 1. The number of benzene rings is 1. The Bertz CT molecular complexity index is 1220. The number of alkyl halides is 1. The zero-order valence-electron chi connectivity index (χ0n) is 18.3. The van der Waals surface area contributed by atoms with Gasteiger partial charge >= 0.3 is 5.97 Å². The maximum atomic E-state index is 13.0. The second-order valence-corrected chi connectivity index (χ2v) is 9.65. The number of ether oxygens (including phenoxy) is 2. The number of rotatable bonds is 8. The van der Waals surface area contributed by atoms with E-state index in [0.29, 0.717) is 17.1 Å². The number of anilines is 1. The number of oxime groups is 1. The number of hydrogen-bond acceptors (Lipinski definition) is 11. The highest BCUT2D eigenvalue weighted by molar-refractivity contribution is 8.00. The van der Waals surface area contributed by atoms with Crippen LogP contribution in [0.25, 0.3) is 0 Å². The molecule has 2 aliphatic rings. The molecule has 2 aliphatic heterocycles. The molecule has 4 rings (SSSR count). The summed E-state index contributed by atoms with van der Waals surface area (Å²) in [5, 5.41) is 15.9. The molecule has 2 amide bonds. The van der Waals surface area contributed by atoms with Gasteiger partial charge in [0.15, 0.2) is 10.8 Å². The van der Waals surface area contributed by atoms with E-state index in [1.807, 2.05) is 0 Å². The van der Waals surface area contributed by atoms with Crippen LogP contribution in [0.2, 0.25) is 0 Å². The van der Waals surface area contributed by atoms with Gasteiger partial charge in [-0.3, -0.25) is 14.5 Å². The molecule has 2 atom stereocenters. The van der Waals surface area contributed by atoms with Gasteiger partial charge in [-0.25, -0.2) is 9.78 Å². The van der Waals surface area contributed by atoms with Gasteiger partial charge < -0.3 is 25.7 Å². The molecule has 14 heteroatoms. The number of nitrogen functional groups attached to an aromatic ring is 1. The Kier molecular flexibility index (Phi) is 7.48. The number of amides is 2. The number of hydrogen-bond donors (Lipinski definition) is 3. The lowest BCUT2D eigenvalue weighted by atomic mass is 10.0. The van der Waals surface area contributed by atoms with E-state index in [1.165, 1.54) is 22.0 Å². The van der Waals surface area contributed by atoms with Crippen molar-refractivity contribution in [1.29, 1.82) is 0 Å². The molecule has 3 heterocycles. The molecule has 184 valence electrons. The summed E-state index contributed by atoms with van der Waals surface area (Å²) in [5.74, 6) is -0.903. The fourth-order valence-corrected chi connectivity index (χ4v) is 5.76. The van der Waals surface area contributed by atoms with Gasteiger partial charge in [0.05, 0.1) is 7.11 Å². The highest BCUT2D eigenvalue weighted by Crippen LogP contribution is 2.41. The van der Waals surface area contributed by atoms with Crippen molar-refractivity contribution in [1.82, 2.24) is 15.2 Å². The van der Waals surface area contributed by atoms with E-state index in [4.69, 9.17) is 26.8 Å². The molecule has 1 saturated heterocycles. The first-order valence-electron chi connectivity index (χ1n) is 10.1. The van der Waals surface area contributed by atoms with Gasteiger partial charge in [-0.15, -0.1) is 34.7 Å². The molecular weight excluding hydrogens is 518 g/mol. The molecule has 35 heavy (non-hydrogen) atoms. The molecule has 0 saturated carbocycles. The maximum Gasteiger partial charge on any atom is 0.355 e. The Morgan fingerprint density at radius 1 is 1.37 bits per heavy atom. The minimum atomic E-state index is -0.943. The second kappa shape index (κ2) is 10.5. The highest BCUT2D eigenvalue weighted by Gasteiger charge is 2.54. The van der Waals surface area contributed by atoms with Gasteiger partial charge in [0, 0.05) is 17.0 Å². The summed E-state index contributed by atoms with van der Waals surface area (Å²) >= 11 is 8.47. The summed E-state index contributed by atoms with van der Waals surface area (Å²) in [7, 11) is 1.55. The first-order valence-corrected chi connectivity index (χ1v) is 12.6. The minimum Gasteiger partial charge on any atom is -0.497 e. The normalized spacial score (nSPS) is 19.7. The average molecular weight is 538 g/mol. The van der Waals surface area contributed by atoms with Crippen molar-refractivity contribution in [2.75, 3.05) is 24.5 Å². The lowest BCUT2D eigenvalue weighted by Crippen LogP contribution is -2.71. The number of halogens is 1. The smallest absolute Gasteiger partial charge is 0.355 e. The Morgan fingerprint density at radius 2 is 2.11 bits per heavy atom. The van der Waals surface area contributed by atoms with Crippen LogP contribution in [0.3, 0.4) is 0 Å². The van der Waals surface area contributed by atoms with Crippen molar-refractivity contribution in [2.24, 2.45) is 5.16 Å². The van der Waals surface area contributed by atoms with Gasteiger partial charge in [0.25, 0.3) is 11.8 Å². The van der Waals surface area contributed by atoms with Crippen LogP contribution >= 0.6 is 34.7 Å². The Morgan fingerprint density at radius 3 is 2.71 bits per heavy atom. The molecule has 2 aromatic rings. The quantitative estimate of drug-likeness (QED) is 0.113. The summed E-state index contributed by atoms with van der Waals surface area (Å²) < 4.78 is 10.6. The number of methoxy groups -OCH3 is 1. The molecule has 0 bridgehead atoms. The Hall–Kier alpha value is -3.29. The number of carbonyl (C=O) groups is 3. The van der Waals surface area contributed by atoms with Crippen LogP contribution in [0.5, 0.6) is 5.75 Å². The van der Waals surface area contributed by atoms with E-state index in [0.717, 1.165) is 16.9 Å². The van der Waals surface area contributed by atoms with E-state index < -0.39 is 29.2 Å². The number of nitrogens with one attached hydrogen (secondary N) is 1. The van der Waals surface area contributed by atoms with Crippen molar-refractivity contribution in [3.8, 4) is 5.75 Å². The van der Waals surface area contributed by atoms with E-state index in [9.17, 15) is 19.6 Å². The van der Waals surface area contributed by atoms with E-state index >= 15 is 0 Å². The van der Waals surface area contributed by atoms with Crippen LogP contribution in [-0.2, 0) is 25.7 Å². The van der Waals surface area contributed by atoms with Crippen molar-refractivity contribution < 1.29 is 29.1 Å². The monoisotopic (exact) mass is 537 g/mol. The molecule has 0 unspecified atom stereocenters. The number of nitrogens with two attached hydrogens (primary N) is 1. The predicted octanol–water partition coefficient (Wildman–Crippen LogP) is 1.55. The third-order valence-corrected chi connectivity index (χ3v) is 7.63. The lowest BCUT2D eigenvalue weighted by Gasteiger charge is -2.49. The maximum absolute atomic E-state index is 13.0. The number of fused-ring (bicyclic) bond motifs is 1. The molecule has 1 fully saturated rings. The SMILES string of the molecule is COc1ccc(COC(=O)C2=C(CCl)CS[C@@H]3[C@H](NC(=O)/C(=N\O)c4csc(N)n4)C(=O)N23)cc1. The van der Waals surface area contributed by atoms with Crippen molar-refractivity contribution in [2.45, 2.75) is 18.0 Å². The van der Waals surface area contributed by atoms with Crippen molar-refractivity contribution in [3.05, 3.63) is 52.2 Å². The summed E-state index contributed by atoms with van der Waals surface area (Å²) in [6, 6.07) is 6.08. The summed E-state index contributed by atoms with van der Waals surface area (Å²) in [6.45, 7) is -0.00497. The van der Waals surface area contributed by atoms with E-state index in [2.05, 4.69) is 15.5 Å². The number of β-lactam (4-membered cyclic amide) rings is 1. The number of carbonyl (C=O) groups excluding carboxylic acids is 3. The molecule has 0 spiro atoms. The fourth-order valence-electron chi connectivity index (χ4n) is 3.53. The standard InChI is InChI=1S/C21H20ClN5O6S2/c1-32-12-4-2-10(3-5-12)7-33-20(30)16-11(6-22)8-34-19-15(18(29)27(16)19)25-17(28)14(26-31)13-9-35-21(23)24-13/h2-5,9,15,19,31H,6-8H2,1H3,(H2,23,24)(H,25,28)/b26-14-/t15-,19-/m1/s1. The van der Waals surface area contributed by atoms with Crippen LogP contribution in [0, 0.1) is 0 Å². The minimum absolute atomic E-state index is 0.00497. The lowest BCUT2D eigenvalue weighted by molar-refractivity contribution is -0.153. The fraction of sp³-hybridized carbons (Fsp3) is 0.286. The second-order valence-electron chi connectivity index (χ2n) is 7.39. The third kappa shape index (κ3) is 4.92. The van der Waals surface area contributed by atoms with Crippen LogP contribution < -0.4 is 15.8 Å². The molecule has 1 aromatic carbocycles. The topological polar surface area (TPSA) is 156 Å². The average Bonchev–Trinajstić information content (AvgIpc) is 3.31. The van der Waals surface area contributed by atoms with E-state index in [-0.39, 0.29) is 34.7 Å². The number of esters is 1. The van der Waals surface area contributed by atoms with Gasteiger partial charge in [-0.05, 0) is 23.3 Å². The number of aromatic nitrogens is 1. The van der Waals surface area contributed by atoms with Gasteiger partial charge in [-0.2, -0.15) is 0 Å². The molecule has 0 aliphatic carbocycles. The van der Waals surface area contributed by atoms with Crippen LogP contribution in [0.1, 0.15) is 11.3 Å². The highest BCUT2D eigenvalue weighted by atomic mass is 35.5. The Labute approximate surface area is 212 Å². The molecule has 0 radical (unpaired) electrons. The molecular formula is C21H20ClN5O6S2. The summed E-state index contributed by atoms with van der Waals surface area (Å²) in [6.07, 6.45) is 0. The summed E-state index contributed by atoms with van der Waals surface area (Å²) in [4.78, 5) is 43.8. The molecule has 4 N–H and O–H groups in total. The number of thiazole rings is 1. The number of nitrogens with zero attached hydrogens (tertiary/aromatic N) is 3. The molecule has 11 nitrogen and oxygen atoms in total. The van der Waals surface area contributed by atoms with Gasteiger partial charge in [-0.1, -0.05) is 17.3 Å². The third-order valence-electron chi connectivity index (χ3n) is 5.30. The van der Waals surface area contributed by atoms with Crippen molar-refractivity contribution >= 4 is 63.3 Å². The Balaban J connectivity index is 1.45. The van der Waals surface area contributed by atoms with E-state index in [1.54, 1.807) is 31.4 Å². The first-order chi connectivity index (χ1) is 16.9. The van der Waals surface area contributed by atoms with Crippen LogP contribution in [0.15, 0.2) is 46.1 Å². The zero-order valence-corrected chi connectivity index (χ0v) is 20.7. The van der Waals surface area contributed by atoms with Crippen LogP contribution in [0.4, 0.5) is 5.13 Å². The van der Waals surface area contributed by atoms with Gasteiger partial charge in [0.2, 0.25) is 0 Å². The summed E-state index contributed by atoms with van der Waals surface area (Å²) in [5.41, 5.74) is 6.66. The first kappa shape index (κ1) is 24.8. The largest absolute Gasteiger partial charge is 0.497 e. The van der Waals surface area contributed by atoms with Crippen molar-refractivity contribution in [3.63, 3.8) is 0 Å². The zero-order chi connectivity index (χ0) is 25.1. The predicted molar refractivity (Wildman–Crippen MR) is 130 cm³/mol. The molecule has 1 aromatic heterocycles. The van der Waals surface area contributed by atoms with Crippen LogP contribution in [-0.4, -0.2) is 68.7 Å².